The molecule has 0 spiro atoms. The smallest absolute Gasteiger partial charge is 0.118 e. The van der Waals surface area contributed by atoms with Gasteiger partial charge in [-0.3, -0.25) is 4.98 Å². The van der Waals surface area contributed by atoms with Gasteiger partial charge in [-0.2, -0.15) is 4.91 Å². The monoisotopic (exact) mass is 408 g/mol. The van der Waals surface area contributed by atoms with Gasteiger partial charge in [-0.05, 0) is 66.8 Å². The lowest BCUT2D eigenvalue weighted by molar-refractivity contribution is 0.591. The van der Waals surface area contributed by atoms with Crippen LogP contribution in [0.25, 0.3) is 0 Å². The van der Waals surface area contributed by atoms with Gasteiger partial charge in [-0.15, -0.1) is 0 Å². The van der Waals surface area contributed by atoms with Crippen molar-refractivity contribution >= 4 is 15.9 Å². The van der Waals surface area contributed by atoms with Crippen LogP contribution in [0.3, 0.4) is 0 Å². The average Bonchev–Trinajstić information content (AvgIpc) is 2.65. The highest BCUT2D eigenvalue weighted by molar-refractivity contribution is 9.10. The highest BCUT2D eigenvalue weighted by atomic mass is 79.9. The molecule has 3 nitrogen and oxygen atoms in total. The van der Waals surface area contributed by atoms with E-state index in [2.05, 4.69) is 57.3 Å². The molecule has 3 rings (SSSR count). The highest BCUT2D eigenvalue weighted by Gasteiger charge is 2.23. The van der Waals surface area contributed by atoms with Crippen molar-refractivity contribution in [2.24, 2.45) is 5.18 Å². The van der Waals surface area contributed by atoms with Crippen LogP contribution in [0, 0.1) is 18.8 Å². The molecule has 0 aliphatic rings. The van der Waals surface area contributed by atoms with Crippen molar-refractivity contribution in [2.45, 2.75) is 32.2 Å². The van der Waals surface area contributed by atoms with Crippen LogP contribution in [-0.4, -0.2) is 4.98 Å². The second-order valence-corrected chi connectivity index (χ2v) is 7.46. The van der Waals surface area contributed by atoms with Gasteiger partial charge in [0.15, 0.2) is 0 Å². The number of nitroso groups, excluding NO2 is 1. The summed E-state index contributed by atoms with van der Waals surface area (Å²) in [6.07, 6.45) is 2.37. The molecule has 0 radical (unpaired) electrons. The molecule has 2 unspecified atom stereocenters. The molecule has 0 bridgehead atoms. The molecule has 0 aliphatic heterocycles. The van der Waals surface area contributed by atoms with Gasteiger partial charge in [0.1, 0.15) is 6.04 Å². The van der Waals surface area contributed by atoms with Crippen LogP contribution in [0.15, 0.2) is 76.5 Å². The minimum absolute atomic E-state index is 0.0977. The Hall–Kier alpha value is -2.33. The van der Waals surface area contributed by atoms with Gasteiger partial charge in [-0.25, -0.2) is 0 Å². The second kappa shape index (κ2) is 8.37. The summed E-state index contributed by atoms with van der Waals surface area (Å²) in [6, 6.07) is 20.1. The van der Waals surface area contributed by atoms with E-state index in [4.69, 9.17) is 0 Å². The minimum Gasteiger partial charge on any atom is -0.262 e. The fourth-order valence-corrected chi connectivity index (χ4v) is 3.62. The van der Waals surface area contributed by atoms with Crippen molar-refractivity contribution in [1.82, 2.24) is 4.98 Å². The van der Waals surface area contributed by atoms with Crippen LogP contribution in [0.2, 0.25) is 0 Å². The Balaban J connectivity index is 2.01. The van der Waals surface area contributed by atoms with Crippen molar-refractivity contribution in [3.63, 3.8) is 0 Å². The number of benzene rings is 2. The van der Waals surface area contributed by atoms with Crippen LogP contribution < -0.4 is 0 Å². The Labute approximate surface area is 162 Å². The van der Waals surface area contributed by atoms with Gasteiger partial charge in [0.05, 0.1) is 0 Å². The minimum atomic E-state index is -0.412. The number of halogens is 1. The Morgan fingerprint density at radius 2 is 1.73 bits per heavy atom. The molecule has 0 saturated heterocycles. The molecule has 0 amide bonds. The van der Waals surface area contributed by atoms with E-state index in [1.165, 1.54) is 16.7 Å². The zero-order chi connectivity index (χ0) is 18.5. The van der Waals surface area contributed by atoms with Gasteiger partial charge in [0.2, 0.25) is 0 Å². The lowest BCUT2D eigenvalue weighted by Crippen LogP contribution is -2.08. The van der Waals surface area contributed by atoms with Gasteiger partial charge < -0.3 is 0 Å². The summed E-state index contributed by atoms with van der Waals surface area (Å²) in [7, 11) is 0. The SMILES string of the molecule is Cc1cc(C(CC(c2ccc(Br)cc2)c2ccccc2C)N=O)ccn1. The summed E-state index contributed by atoms with van der Waals surface area (Å²) in [4.78, 5) is 15.9. The zero-order valence-corrected chi connectivity index (χ0v) is 16.5. The van der Waals surface area contributed by atoms with Crippen molar-refractivity contribution in [1.29, 1.82) is 0 Å². The summed E-state index contributed by atoms with van der Waals surface area (Å²) in [5.41, 5.74) is 5.45. The lowest BCUT2D eigenvalue weighted by Gasteiger charge is -2.23. The van der Waals surface area contributed by atoms with Gasteiger partial charge in [-0.1, -0.05) is 57.5 Å². The number of aryl methyl sites for hydroxylation is 2. The normalized spacial score (nSPS) is 13.2. The van der Waals surface area contributed by atoms with Crippen LogP contribution in [0.1, 0.15) is 46.3 Å². The molecule has 4 heteroatoms. The first-order valence-electron chi connectivity index (χ1n) is 8.64. The quantitative estimate of drug-likeness (QED) is 0.437. The molecule has 3 aromatic rings. The summed E-state index contributed by atoms with van der Waals surface area (Å²) in [5, 5.41) is 3.45. The number of hydrogen-bond acceptors (Lipinski definition) is 3. The Kier molecular flexibility index (Phi) is 5.94. The molecule has 0 fully saturated rings. The van der Waals surface area contributed by atoms with E-state index in [1.54, 1.807) is 6.20 Å². The van der Waals surface area contributed by atoms with E-state index in [1.807, 2.05) is 43.3 Å². The Bertz CT molecular complexity index is 893. The fourth-order valence-electron chi connectivity index (χ4n) is 3.35. The maximum Gasteiger partial charge on any atom is 0.118 e. The van der Waals surface area contributed by atoms with Crippen molar-refractivity contribution in [2.75, 3.05) is 0 Å². The number of aromatic nitrogens is 1. The molecule has 26 heavy (non-hydrogen) atoms. The summed E-state index contributed by atoms with van der Waals surface area (Å²) in [6.45, 7) is 4.04. The molecule has 1 heterocycles. The van der Waals surface area contributed by atoms with Gasteiger partial charge in [0.25, 0.3) is 0 Å². The predicted octanol–water partition coefficient (Wildman–Crippen LogP) is 6.49. The molecule has 0 saturated carbocycles. The molecule has 132 valence electrons. The van der Waals surface area contributed by atoms with E-state index in [9.17, 15) is 4.91 Å². The molecule has 2 aromatic carbocycles. The molecule has 2 atom stereocenters. The highest BCUT2D eigenvalue weighted by Crippen LogP contribution is 2.37. The van der Waals surface area contributed by atoms with E-state index in [0.717, 1.165) is 15.7 Å². The summed E-state index contributed by atoms with van der Waals surface area (Å²) < 4.78 is 1.04. The molecular weight excluding hydrogens is 388 g/mol. The first-order chi connectivity index (χ1) is 12.6. The molecule has 0 aliphatic carbocycles. The predicted molar refractivity (Wildman–Crippen MR) is 109 cm³/mol. The molecular formula is C22H21BrN2O. The molecule has 1 aromatic heterocycles. The Morgan fingerprint density at radius 3 is 2.38 bits per heavy atom. The fraction of sp³-hybridized carbons (Fsp3) is 0.227. The summed E-state index contributed by atoms with van der Waals surface area (Å²) in [5.74, 6) is 0.0977. The number of nitrogens with zero attached hydrogens (tertiary/aromatic N) is 2. The van der Waals surface area contributed by atoms with Crippen molar-refractivity contribution in [3.8, 4) is 0 Å². The first kappa shape index (κ1) is 18.5. The van der Waals surface area contributed by atoms with E-state index in [-0.39, 0.29) is 5.92 Å². The topological polar surface area (TPSA) is 42.3 Å². The van der Waals surface area contributed by atoms with Crippen molar-refractivity contribution < 1.29 is 0 Å². The first-order valence-corrected chi connectivity index (χ1v) is 9.44. The van der Waals surface area contributed by atoms with Gasteiger partial charge in [0, 0.05) is 22.3 Å². The van der Waals surface area contributed by atoms with E-state index < -0.39 is 6.04 Å². The van der Waals surface area contributed by atoms with Gasteiger partial charge >= 0.3 is 0 Å². The third-order valence-electron chi connectivity index (χ3n) is 4.73. The van der Waals surface area contributed by atoms with Crippen LogP contribution in [0.5, 0.6) is 0 Å². The second-order valence-electron chi connectivity index (χ2n) is 6.55. The average molecular weight is 409 g/mol. The number of hydrogen-bond donors (Lipinski definition) is 0. The van der Waals surface area contributed by atoms with Crippen LogP contribution >= 0.6 is 15.9 Å². The lowest BCUT2D eigenvalue weighted by atomic mass is 9.82. The van der Waals surface area contributed by atoms with Crippen LogP contribution in [0.4, 0.5) is 0 Å². The maximum absolute atomic E-state index is 11.7. The third kappa shape index (κ3) is 4.25. The van der Waals surface area contributed by atoms with Crippen LogP contribution in [-0.2, 0) is 0 Å². The van der Waals surface area contributed by atoms with Crippen molar-refractivity contribution in [3.05, 3.63) is 104 Å². The zero-order valence-electron chi connectivity index (χ0n) is 14.9. The summed E-state index contributed by atoms with van der Waals surface area (Å²) >= 11 is 3.50. The molecule has 0 N–H and O–H groups in total. The number of pyridine rings is 1. The largest absolute Gasteiger partial charge is 0.262 e. The number of rotatable bonds is 6. The van der Waals surface area contributed by atoms with E-state index >= 15 is 0 Å². The van der Waals surface area contributed by atoms with E-state index in [0.29, 0.717) is 6.42 Å². The standard InChI is InChI=1S/C22H21BrN2O/c1-15-5-3-4-6-20(15)21(17-7-9-19(23)10-8-17)14-22(25-26)18-11-12-24-16(2)13-18/h3-13,21-22H,14H2,1-2H3. The Morgan fingerprint density at radius 1 is 1.00 bits per heavy atom. The maximum atomic E-state index is 11.7. The third-order valence-corrected chi connectivity index (χ3v) is 5.26.